The predicted molar refractivity (Wildman–Crippen MR) is 219 cm³/mol. The van der Waals surface area contributed by atoms with E-state index in [1.807, 2.05) is 97.6 Å². The molecular weight excluding hydrogens is 689 g/mol. The molecule has 9 rings (SSSR count). The van der Waals surface area contributed by atoms with Crippen LogP contribution in [-0.2, 0) is 0 Å². The van der Waals surface area contributed by atoms with Crippen molar-refractivity contribution in [3.05, 3.63) is 193 Å². The number of nitrogens with zero attached hydrogens (tertiary/aromatic N) is 8. The largest absolute Gasteiger partial charge is 0.255 e. The summed E-state index contributed by atoms with van der Waals surface area (Å²) in [7, 11) is 0. The summed E-state index contributed by atoms with van der Waals surface area (Å²) < 4.78 is 0. The lowest BCUT2D eigenvalue weighted by Crippen LogP contribution is -2.22. The minimum Gasteiger partial charge on any atom is -0.255 e. The Morgan fingerprint density at radius 3 is 0.696 bits per heavy atom. The number of hydrogen-bond acceptors (Lipinski definition) is 8. The first-order chi connectivity index (χ1) is 27.7. The maximum absolute atomic E-state index is 5.31. The average Bonchev–Trinajstić information content (AvgIpc) is 3.28. The van der Waals surface area contributed by atoms with Crippen molar-refractivity contribution in [2.24, 2.45) is 0 Å². The second-order valence-corrected chi connectivity index (χ2v) is 14.4. The predicted octanol–water partition coefficient (Wildman–Crippen LogP) is 10.5. The highest BCUT2D eigenvalue weighted by atomic mass is 14.8. The summed E-state index contributed by atoms with van der Waals surface area (Å²) in [5.74, 6) is 0.456. The summed E-state index contributed by atoms with van der Waals surface area (Å²) in [6, 6.07) is 49.3. The minimum atomic E-state index is 0.114. The summed E-state index contributed by atoms with van der Waals surface area (Å²) in [5.41, 5.74) is 11.2. The van der Waals surface area contributed by atoms with Crippen molar-refractivity contribution in [2.75, 3.05) is 0 Å². The van der Waals surface area contributed by atoms with E-state index in [2.05, 4.69) is 92.7 Å². The molecule has 8 aromatic heterocycles. The zero-order valence-corrected chi connectivity index (χ0v) is 30.9. The highest BCUT2D eigenvalue weighted by Crippen LogP contribution is 2.48. The molecule has 0 bridgehead atoms. The zero-order valence-electron chi connectivity index (χ0n) is 30.9. The Morgan fingerprint density at radius 1 is 0.250 bits per heavy atom. The third kappa shape index (κ3) is 7.86. The third-order valence-corrected chi connectivity index (χ3v) is 10.7. The number of rotatable bonds is 8. The quantitative estimate of drug-likeness (QED) is 0.152. The molecule has 0 aromatic carbocycles. The van der Waals surface area contributed by atoms with Gasteiger partial charge in [-0.3, -0.25) is 39.9 Å². The van der Waals surface area contributed by atoms with Crippen molar-refractivity contribution < 1.29 is 0 Å². The van der Waals surface area contributed by atoms with Gasteiger partial charge in [-0.1, -0.05) is 48.5 Å². The van der Waals surface area contributed by atoms with Gasteiger partial charge in [-0.25, -0.2) is 0 Å². The van der Waals surface area contributed by atoms with Crippen LogP contribution in [0.2, 0.25) is 0 Å². The molecular formula is C48H40N8. The first kappa shape index (κ1) is 34.9. The lowest BCUT2D eigenvalue weighted by Gasteiger charge is -2.34. The second-order valence-electron chi connectivity index (χ2n) is 14.4. The van der Waals surface area contributed by atoms with E-state index >= 15 is 0 Å². The summed E-state index contributed by atoms with van der Waals surface area (Å²) in [5, 5.41) is 0. The molecule has 1 aliphatic carbocycles. The molecule has 0 aliphatic heterocycles. The van der Waals surface area contributed by atoms with Gasteiger partial charge in [0, 0.05) is 71.2 Å². The standard InChI is InChI=1S/C48H40N8/c1-5-25-49-41(13-1)45-21-9-17-37(53-45)33-29-34(38-18-10-22-46(54-38)42-14-2-6-26-50-42)31-36(40-20-12-24-48(56-40)44-16-4-8-28-52-44)32-35(30-33)39-19-11-23-47(55-39)43-15-3-7-27-51-43/h1-28,33-36H,29-32H2. The zero-order chi connectivity index (χ0) is 37.5. The molecule has 0 saturated heterocycles. The van der Waals surface area contributed by atoms with E-state index in [-0.39, 0.29) is 23.7 Å². The van der Waals surface area contributed by atoms with Crippen LogP contribution < -0.4 is 0 Å². The van der Waals surface area contributed by atoms with Crippen LogP contribution in [0.5, 0.6) is 0 Å². The van der Waals surface area contributed by atoms with E-state index in [0.29, 0.717) is 0 Å². The molecule has 56 heavy (non-hydrogen) atoms. The third-order valence-electron chi connectivity index (χ3n) is 10.7. The Balaban J connectivity index is 1.16. The van der Waals surface area contributed by atoms with E-state index in [1.54, 1.807) is 0 Å². The van der Waals surface area contributed by atoms with Crippen molar-refractivity contribution in [3.63, 3.8) is 0 Å². The van der Waals surface area contributed by atoms with Crippen LogP contribution in [0.3, 0.4) is 0 Å². The van der Waals surface area contributed by atoms with E-state index < -0.39 is 0 Å². The van der Waals surface area contributed by atoms with Gasteiger partial charge in [-0.05, 0) is 123 Å². The monoisotopic (exact) mass is 728 g/mol. The summed E-state index contributed by atoms with van der Waals surface area (Å²) in [6.07, 6.45) is 10.7. The lowest BCUT2D eigenvalue weighted by molar-refractivity contribution is 0.339. The van der Waals surface area contributed by atoms with Crippen molar-refractivity contribution in [1.29, 1.82) is 0 Å². The van der Waals surface area contributed by atoms with Crippen molar-refractivity contribution in [1.82, 2.24) is 39.9 Å². The highest BCUT2D eigenvalue weighted by molar-refractivity contribution is 5.56. The average molecular weight is 729 g/mol. The smallest absolute Gasteiger partial charge is 0.0889 e. The van der Waals surface area contributed by atoms with Crippen molar-refractivity contribution >= 4 is 0 Å². The highest BCUT2D eigenvalue weighted by Gasteiger charge is 2.34. The molecule has 1 saturated carbocycles. The van der Waals surface area contributed by atoms with E-state index in [4.69, 9.17) is 19.9 Å². The summed E-state index contributed by atoms with van der Waals surface area (Å²) in [4.78, 5) is 39.8. The van der Waals surface area contributed by atoms with E-state index in [0.717, 1.165) is 94.0 Å². The number of pyridine rings is 8. The molecule has 1 fully saturated rings. The molecule has 0 amide bonds. The second kappa shape index (κ2) is 16.3. The maximum Gasteiger partial charge on any atom is 0.0889 e. The van der Waals surface area contributed by atoms with Crippen LogP contribution in [-0.4, -0.2) is 39.9 Å². The van der Waals surface area contributed by atoms with E-state index in [9.17, 15) is 0 Å². The van der Waals surface area contributed by atoms with Gasteiger partial charge in [0.15, 0.2) is 0 Å². The van der Waals surface area contributed by atoms with Gasteiger partial charge < -0.3 is 0 Å². The van der Waals surface area contributed by atoms with Crippen molar-refractivity contribution in [3.8, 4) is 45.6 Å². The minimum absolute atomic E-state index is 0.114. The van der Waals surface area contributed by atoms with Gasteiger partial charge in [0.05, 0.1) is 45.6 Å². The molecule has 0 atom stereocenters. The van der Waals surface area contributed by atoms with Crippen LogP contribution in [0.25, 0.3) is 45.6 Å². The Bertz CT molecular complexity index is 2150. The lowest BCUT2D eigenvalue weighted by atomic mass is 9.71. The van der Waals surface area contributed by atoms with Gasteiger partial charge in [-0.15, -0.1) is 0 Å². The van der Waals surface area contributed by atoms with Crippen LogP contribution in [0.15, 0.2) is 170 Å². The van der Waals surface area contributed by atoms with Crippen LogP contribution in [0.1, 0.15) is 72.1 Å². The van der Waals surface area contributed by atoms with Gasteiger partial charge in [0.2, 0.25) is 0 Å². The van der Waals surface area contributed by atoms with Crippen molar-refractivity contribution in [2.45, 2.75) is 49.4 Å². The van der Waals surface area contributed by atoms with Gasteiger partial charge >= 0.3 is 0 Å². The SMILES string of the molecule is c1ccc(-c2cccc(C3CC(c4cccc(-c5ccccn5)n4)CC(c4cccc(-c5ccccn5)n4)CC(c4cccc(-c5ccccn5)n4)C3)n2)nc1. The fourth-order valence-electron chi connectivity index (χ4n) is 8.07. The molecule has 8 heteroatoms. The fourth-order valence-corrected chi connectivity index (χ4v) is 8.07. The Kier molecular flexibility index (Phi) is 10.2. The maximum atomic E-state index is 5.31. The molecule has 8 heterocycles. The first-order valence-electron chi connectivity index (χ1n) is 19.3. The first-order valence-corrected chi connectivity index (χ1v) is 19.3. The fraction of sp³-hybridized carbons (Fsp3) is 0.167. The Morgan fingerprint density at radius 2 is 0.482 bits per heavy atom. The Labute approximate surface area is 327 Å². The van der Waals surface area contributed by atoms with Gasteiger partial charge in [0.25, 0.3) is 0 Å². The molecule has 8 aromatic rings. The molecule has 272 valence electrons. The van der Waals surface area contributed by atoms with Crippen LogP contribution in [0, 0.1) is 0 Å². The van der Waals surface area contributed by atoms with Gasteiger partial charge in [-0.2, -0.15) is 0 Å². The molecule has 0 radical (unpaired) electrons. The summed E-state index contributed by atoms with van der Waals surface area (Å²) >= 11 is 0. The molecule has 0 N–H and O–H groups in total. The number of aromatic nitrogens is 8. The number of hydrogen-bond donors (Lipinski definition) is 0. The molecule has 1 aliphatic rings. The molecule has 8 nitrogen and oxygen atoms in total. The summed E-state index contributed by atoms with van der Waals surface area (Å²) in [6.45, 7) is 0. The van der Waals surface area contributed by atoms with Crippen LogP contribution in [0.4, 0.5) is 0 Å². The van der Waals surface area contributed by atoms with E-state index in [1.165, 1.54) is 0 Å². The molecule has 0 spiro atoms. The molecule has 0 unspecified atom stereocenters. The Hall–Kier alpha value is -6.80. The normalized spacial score (nSPS) is 18.4. The van der Waals surface area contributed by atoms with Gasteiger partial charge in [0.1, 0.15) is 0 Å². The topological polar surface area (TPSA) is 103 Å². The van der Waals surface area contributed by atoms with Crippen LogP contribution >= 0.6 is 0 Å².